The first-order chi connectivity index (χ1) is 8.20. The maximum atomic E-state index is 10.4. The van der Waals surface area contributed by atoms with Crippen molar-refractivity contribution >= 4 is 5.97 Å². The predicted octanol–water partition coefficient (Wildman–Crippen LogP) is 2.38. The molecule has 0 heterocycles. The molecule has 92 valence electrons. The van der Waals surface area contributed by atoms with Gasteiger partial charge in [0.1, 0.15) is 5.75 Å². The second-order valence-corrected chi connectivity index (χ2v) is 3.51. The zero-order valence-electron chi connectivity index (χ0n) is 9.74. The van der Waals surface area contributed by atoms with Crippen LogP contribution in [0.15, 0.2) is 40.6 Å². The lowest BCUT2D eigenvalue weighted by atomic mass is 10.3. The van der Waals surface area contributed by atoms with E-state index in [1.807, 2.05) is 30.3 Å². The summed E-state index contributed by atoms with van der Waals surface area (Å²) in [6.45, 7) is 2.52. The second kappa shape index (κ2) is 7.38. The van der Waals surface area contributed by atoms with Gasteiger partial charge in [0.2, 0.25) is 0 Å². The van der Waals surface area contributed by atoms with E-state index in [1.54, 1.807) is 0 Å². The van der Waals surface area contributed by atoms with E-state index in [1.165, 1.54) is 6.92 Å². The summed E-state index contributed by atoms with van der Waals surface area (Å²) in [6, 6.07) is 8.73. The van der Waals surface area contributed by atoms with Gasteiger partial charge in [-0.25, -0.2) is 4.79 Å². The normalized spacial score (nSPS) is 12.5. The summed E-state index contributed by atoms with van der Waals surface area (Å²) in [7, 11) is 0. The highest BCUT2D eigenvalue weighted by molar-refractivity contribution is 5.72. The number of nitrogens with zero attached hydrogens (tertiary/aromatic N) is 2. The maximum absolute atomic E-state index is 10.4. The van der Waals surface area contributed by atoms with E-state index in [4.69, 9.17) is 9.84 Å². The fourth-order valence-electron chi connectivity index (χ4n) is 1.07. The lowest BCUT2D eigenvalue weighted by Gasteiger charge is -2.03. The molecule has 1 unspecified atom stereocenters. The number of carboxylic acids is 1. The topological polar surface area (TPSA) is 71.2 Å². The number of benzene rings is 1. The van der Waals surface area contributed by atoms with Crippen LogP contribution in [0.25, 0.3) is 0 Å². The minimum atomic E-state index is -0.964. The number of hydrogen-bond donors (Lipinski definition) is 1. The molecule has 1 atom stereocenters. The number of carbonyl (C=O) groups is 1. The van der Waals surface area contributed by atoms with E-state index in [0.29, 0.717) is 19.6 Å². The van der Waals surface area contributed by atoms with E-state index in [-0.39, 0.29) is 0 Å². The molecule has 0 spiro atoms. The minimum Gasteiger partial charge on any atom is -0.494 e. The first-order valence-corrected chi connectivity index (χ1v) is 5.47. The molecule has 0 bridgehead atoms. The van der Waals surface area contributed by atoms with Crippen LogP contribution in [0.1, 0.15) is 13.3 Å². The van der Waals surface area contributed by atoms with Crippen molar-refractivity contribution in [3.05, 3.63) is 30.3 Å². The lowest BCUT2D eigenvalue weighted by Crippen LogP contribution is -2.12. The summed E-state index contributed by atoms with van der Waals surface area (Å²) >= 11 is 0. The second-order valence-electron chi connectivity index (χ2n) is 3.51. The Hall–Kier alpha value is -1.91. The van der Waals surface area contributed by atoms with Crippen molar-refractivity contribution in [2.75, 3.05) is 13.2 Å². The van der Waals surface area contributed by atoms with Crippen LogP contribution in [0, 0.1) is 0 Å². The highest BCUT2D eigenvalue weighted by Crippen LogP contribution is 2.08. The molecule has 0 aliphatic carbocycles. The van der Waals surface area contributed by atoms with Gasteiger partial charge in [0.05, 0.1) is 13.2 Å². The number of hydrogen-bond acceptors (Lipinski definition) is 4. The molecule has 0 amide bonds. The third-order valence-corrected chi connectivity index (χ3v) is 2.03. The molecule has 0 fully saturated rings. The van der Waals surface area contributed by atoms with Crippen LogP contribution in [-0.2, 0) is 4.79 Å². The number of azo groups is 1. The zero-order valence-corrected chi connectivity index (χ0v) is 9.74. The summed E-state index contributed by atoms with van der Waals surface area (Å²) in [5.74, 6) is -0.141. The standard InChI is InChI=1S/C12H16N2O3/c1-10(12(15)16)14-13-8-5-9-17-11-6-3-2-4-7-11/h2-4,6-7,10H,5,8-9H2,1H3,(H,15,16). The molecule has 0 aliphatic rings. The molecule has 5 nitrogen and oxygen atoms in total. The zero-order chi connectivity index (χ0) is 12.5. The average molecular weight is 236 g/mol. The van der Waals surface area contributed by atoms with Gasteiger partial charge in [0, 0.05) is 6.42 Å². The molecule has 5 heteroatoms. The number of carboxylic acid groups (broad SMARTS) is 1. The fraction of sp³-hybridized carbons (Fsp3) is 0.417. The molecule has 0 radical (unpaired) electrons. The Balaban J connectivity index is 2.11. The van der Waals surface area contributed by atoms with Crippen molar-refractivity contribution in [2.24, 2.45) is 10.2 Å². The van der Waals surface area contributed by atoms with Gasteiger partial charge in [-0.15, -0.1) is 0 Å². The number of para-hydroxylation sites is 1. The predicted molar refractivity (Wildman–Crippen MR) is 63.4 cm³/mol. The quantitative estimate of drug-likeness (QED) is 0.583. The van der Waals surface area contributed by atoms with Gasteiger partial charge in [-0.1, -0.05) is 18.2 Å². The van der Waals surface area contributed by atoms with E-state index in [9.17, 15) is 4.79 Å². The largest absolute Gasteiger partial charge is 0.494 e. The van der Waals surface area contributed by atoms with Gasteiger partial charge in [-0.3, -0.25) is 0 Å². The summed E-state index contributed by atoms with van der Waals surface area (Å²) in [5, 5.41) is 16.0. The van der Waals surface area contributed by atoms with E-state index < -0.39 is 12.0 Å². The van der Waals surface area contributed by atoms with Crippen LogP contribution in [0.4, 0.5) is 0 Å². The number of aliphatic carboxylic acids is 1. The smallest absolute Gasteiger partial charge is 0.330 e. The first-order valence-electron chi connectivity index (χ1n) is 5.47. The molecular formula is C12H16N2O3. The minimum absolute atomic E-state index is 0.477. The van der Waals surface area contributed by atoms with Crippen molar-refractivity contribution in [1.29, 1.82) is 0 Å². The molecule has 0 saturated carbocycles. The van der Waals surface area contributed by atoms with E-state index in [0.717, 1.165) is 5.75 Å². The van der Waals surface area contributed by atoms with Crippen molar-refractivity contribution in [1.82, 2.24) is 0 Å². The van der Waals surface area contributed by atoms with Gasteiger partial charge in [-0.2, -0.15) is 10.2 Å². The summed E-state index contributed by atoms with van der Waals surface area (Å²) < 4.78 is 5.44. The Kier molecular flexibility index (Phi) is 5.71. The molecular weight excluding hydrogens is 220 g/mol. The van der Waals surface area contributed by atoms with Crippen LogP contribution in [0.3, 0.4) is 0 Å². The highest BCUT2D eigenvalue weighted by Gasteiger charge is 2.07. The van der Waals surface area contributed by atoms with Crippen molar-refractivity contribution < 1.29 is 14.6 Å². The fourth-order valence-corrected chi connectivity index (χ4v) is 1.07. The monoisotopic (exact) mass is 236 g/mol. The van der Waals surface area contributed by atoms with E-state index in [2.05, 4.69) is 10.2 Å². The molecule has 17 heavy (non-hydrogen) atoms. The first kappa shape index (κ1) is 13.2. The Morgan fingerprint density at radius 2 is 2.12 bits per heavy atom. The third kappa shape index (κ3) is 5.65. The molecule has 1 aromatic carbocycles. The third-order valence-electron chi connectivity index (χ3n) is 2.03. The summed E-state index contributed by atoms with van der Waals surface area (Å²) in [5.41, 5.74) is 0. The summed E-state index contributed by atoms with van der Waals surface area (Å²) in [4.78, 5) is 10.4. The van der Waals surface area contributed by atoms with Gasteiger partial charge < -0.3 is 9.84 Å². The molecule has 1 rings (SSSR count). The van der Waals surface area contributed by atoms with Crippen LogP contribution in [0.2, 0.25) is 0 Å². The van der Waals surface area contributed by atoms with Crippen molar-refractivity contribution in [3.63, 3.8) is 0 Å². The molecule has 1 N–H and O–H groups in total. The number of ether oxygens (including phenoxy) is 1. The Morgan fingerprint density at radius 1 is 1.41 bits per heavy atom. The highest BCUT2D eigenvalue weighted by atomic mass is 16.5. The number of rotatable bonds is 7. The Labute approximate surface area is 100 Å². The van der Waals surface area contributed by atoms with Gasteiger partial charge in [0.15, 0.2) is 6.04 Å². The van der Waals surface area contributed by atoms with Crippen LogP contribution in [-0.4, -0.2) is 30.3 Å². The molecule has 0 aliphatic heterocycles. The SMILES string of the molecule is CC(N=NCCCOc1ccccc1)C(=O)O. The van der Waals surface area contributed by atoms with Crippen LogP contribution < -0.4 is 4.74 Å². The van der Waals surface area contributed by atoms with Gasteiger partial charge >= 0.3 is 5.97 Å². The van der Waals surface area contributed by atoms with Crippen LogP contribution >= 0.6 is 0 Å². The van der Waals surface area contributed by atoms with Crippen molar-refractivity contribution in [3.8, 4) is 5.75 Å². The van der Waals surface area contributed by atoms with E-state index >= 15 is 0 Å². The van der Waals surface area contributed by atoms with Gasteiger partial charge in [0.25, 0.3) is 0 Å². The molecule has 0 saturated heterocycles. The Morgan fingerprint density at radius 3 is 2.76 bits per heavy atom. The van der Waals surface area contributed by atoms with Gasteiger partial charge in [-0.05, 0) is 19.1 Å². The average Bonchev–Trinajstić information content (AvgIpc) is 2.34. The molecule has 1 aromatic rings. The lowest BCUT2D eigenvalue weighted by molar-refractivity contribution is -0.138. The Bertz CT molecular complexity index is 365. The maximum Gasteiger partial charge on any atom is 0.330 e. The van der Waals surface area contributed by atoms with Crippen molar-refractivity contribution in [2.45, 2.75) is 19.4 Å². The van der Waals surface area contributed by atoms with Crippen LogP contribution in [0.5, 0.6) is 5.75 Å². The molecule has 0 aromatic heterocycles. The summed E-state index contributed by atoms with van der Waals surface area (Å²) in [6.07, 6.45) is 0.713.